The maximum atomic E-state index is 13.6. The van der Waals surface area contributed by atoms with Gasteiger partial charge in [-0.2, -0.15) is 5.10 Å². The Balaban J connectivity index is 1.52. The van der Waals surface area contributed by atoms with Gasteiger partial charge in [0, 0.05) is 11.8 Å². The first kappa shape index (κ1) is 22.2. The zero-order chi connectivity index (χ0) is 22.9. The molecular formula is C23H18FN3O5. The van der Waals surface area contributed by atoms with Gasteiger partial charge in [0.1, 0.15) is 17.3 Å². The van der Waals surface area contributed by atoms with Crippen molar-refractivity contribution in [1.29, 1.82) is 0 Å². The number of esters is 1. The Labute approximate surface area is 182 Å². The predicted molar refractivity (Wildman–Crippen MR) is 115 cm³/mol. The second kappa shape index (κ2) is 10.5. The number of halogens is 1. The van der Waals surface area contributed by atoms with Crippen LogP contribution >= 0.6 is 0 Å². The number of carbonyl (C=O) groups excluding carboxylic acids is 3. The van der Waals surface area contributed by atoms with E-state index in [1.807, 2.05) is 0 Å². The van der Waals surface area contributed by atoms with Crippen LogP contribution in [0.25, 0.3) is 0 Å². The lowest BCUT2D eigenvalue weighted by Gasteiger charge is -2.06. The van der Waals surface area contributed by atoms with Gasteiger partial charge in [-0.15, -0.1) is 0 Å². The van der Waals surface area contributed by atoms with E-state index < -0.39 is 23.6 Å². The summed E-state index contributed by atoms with van der Waals surface area (Å²) in [5.41, 5.74) is 2.90. The number of nitrogens with zero attached hydrogens (tertiary/aromatic N) is 1. The number of hydrogen-bond acceptors (Lipinski definition) is 6. The molecule has 0 unspecified atom stereocenters. The van der Waals surface area contributed by atoms with Gasteiger partial charge in [-0.1, -0.05) is 18.2 Å². The fourth-order valence-corrected chi connectivity index (χ4v) is 2.52. The molecule has 162 valence electrons. The molecule has 0 fully saturated rings. The average Bonchev–Trinajstić information content (AvgIpc) is 2.80. The minimum Gasteiger partial charge on any atom is -0.497 e. The number of hydrazone groups is 1. The van der Waals surface area contributed by atoms with Crippen LogP contribution in [-0.2, 0) is 9.59 Å². The third kappa shape index (κ3) is 5.99. The second-order valence-corrected chi connectivity index (χ2v) is 6.32. The van der Waals surface area contributed by atoms with E-state index in [1.54, 1.807) is 36.4 Å². The number of nitrogens with one attached hydrogen (secondary N) is 2. The van der Waals surface area contributed by atoms with Crippen molar-refractivity contribution < 1.29 is 28.2 Å². The third-order valence-electron chi connectivity index (χ3n) is 4.10. The molecule has 2 amide bonds. The molecule has 0 spiro atoms. The van der Waals surface area contributed by atoms with E-state index in [9.17, 15) is 18.8 Å². The summed E-state index contributed by atoms with van der Waals surface area (Å²) in [7, 11) is 1.49. The van der Waals surface area contributed by atoms with Crippen LogP contribution in [0.2, 0.25) is 0 Å². The van der Waals surface area contributed by atoms with E-state index in [0.717, 1.165) is 0 Å². The van der Waals surface area contributed by atoms with Crippen molar-refractivity contribution in [2.75, 3.05) is 12.4 Å². The molecule has 0 aliphatic rings. The van der Waals surface area contributed by atoms with Crippen LogP contribution in [0, 0.1) is 5.82 Å². The first-order valence-corrected chi connectivity index (χ1v) is 9.31. The molecular weight excluding hydrogens is 417 g/mol. The number of hydrogen-bond donors (Lipinski definition) is 2. The van der Waals surface area contributed by atoms with Crippen LogP contribution in [0.15, 0.2) is 77.9 Å². The molecule has 0 radical (unpaired) electrons. The van der Waals surface area contributed by atoms with E-state index >= 15 is 0 Å². The lowest BCUT2D eigenvalue weighted by atomic mass is 10.2. The minimum atomic E-state index is -0.959. The van der Waals surface area contributed by atoms with Gasteiger partial charge in [-0.05, 0) is 54.1 Å². The number of ether oxygens (including phenoxy) is 2. The van der Waals surface area contributed by atoms with Gasteiger partial charge >= 0.3 is 17.8 Å². The molecule has 0 aliphatic carbocycles. The van der Waals surface area contributed by atoms with E-state index in [4.69, 9.17) is 9.47 Å². The van der Waals surface area contributed by atoms with Gasteiger partial charge < -0.3 is 14.8 Å². The number of carbonyl (C=O) groups is 3. The summed E-state index contributed by atoms with van der Waals surface area (Å²) < 4.78 is 23.8. The van der Waals surface area contributed by atoms with Crippen molar-refractivity contribution in [1.82, 2.24) is 5.43 Å². The smallest absolute Gasteiger partial charge is 0.346 e. The van der Waals surface area contributed by atoms with Crippen molar-refractivity contribution in [3.8, 4) is 11.5 Å². The molecule has 3 aromatic carbocycles. The maximum absolute atomic E-state index is 13.6. The Bertz CT molecular complexity index is 1160. The highest BCUT2D eigenvalue weighted by atomic mass is 19.1. The van der Waals surface area contributed by atoms with E-state index in [-0.39, 0.29) is 11.3 Å². The highest BCUT2D eigenvalue weighted by Gasteiger charge is 2.14. The fraction of sp³-hybridized carbons (Fsp3) is 0.0435. The standard InChI is InChI=1S/C23H18FN3O5/c1-31-18-6-4-5-16(13-18)26-21(28)22(29)27-25-14-15-9-11-17(12-10-15)32-23(30)19-7-2-3-8-20(19)24/h2-14H,1H3,(H,26,28)(H,27,29)/b25-14+. The monoisotopic (exact) mass is 435 g/mol. The highest BCUT2D eigenvalue weighted by Crippen LogP contribution is 2.17. The molecule has 3 aromatic rings. The number of methoxy groups -OCH3 is 1. The van der Waals surface area contributed by atoms with Crippen molar-refractivity contribution >= 4 is 29.7 Å². The summed E-state index contributed by atoms with van der Waals surface area (Å²) >= 11 is 0. The first-order valence-electron chi connectivity index (χ1n) is 9.31. The summed E-state index contributed by atoms with van der Waals surface area (Å²) in [6, 6.07) is 18.1. The van der Waals surface area contributed by atoms with Gasteiger partial charge in [0.2, 0.25) is 0 Å². The molecule has 0 saturated heterocycles. The number of rotatable bonds is 6. The summed E-state index contributed by atoms with van der Waals surface area (Å²) in [6.07, 6.45) is 1.30. The van der Waals surface area contributed by atoms with Gasteiger partial charge in [0.15, 0.2) is 0 Å². The third-order valence-corrected chi connectivity index (χ3v) is 4.10. The molecule has 0 heterocycles. The molecule has 0 saturated carbocycles. The Morgan fingerprint density at radius 1 is 0.906 bits per heavy atom. The number of benzene rings is 3. The minimum absolute atomic E-state index is 0.173. The fourth-order valence-electron chi connectivity index (χ4n) is 2.52. The van der Waals surface area contributed by atoms with Crippen molar-refractivity contribution in [3.63, 3.8) is 0 Å². The molecule has 0 aromatic heterocycles. The predicted octanol–water partition coefficient (Wildman–Crippen LogP) is 3.14. The Kier molecular flexibility index (Phi) is 7.26. The number of anilines is 1. The van der Waals surface area contributed by atoms with Crippen molar-refractivity contribution in [2.45, 2.75) is 0 Å². The molecule has 9 heteroatoms. The Morgan fingerprint density at radius 3 is 2.38 bits per heavy atom. The lowest BCUT2D eigenvalue weighted by Crippen LogP contribution is -2.32. The molecule has 0 bridgehead atoms. The molecule has 3 rings (SSSR count). The summed E-state index contributed by atoms with van der Waals surface area (Å²) in [5, 5.41) is 6.15. The number of amides is 2. The Hall–Kier alpha value is -4.53. The molecule has 2 N–H and O–H groups in total. The van der Waals surface area contributed by atoms with Gasteiger partial charge in [-0.3, -0.25) is 9.59 Å². The van der Waals surface area contributed by atoms with Crippen LogP contribution in [0.5, 0.6) is 11.5 Å². The molecule has 32 heavy (non-hydrogen) atoms. The van der Waals surface area contributed by atoms with Crippen LogP contribution in [0.4, 0.5) is 10.1 Å². The molecule has 0 atom stereocenters. The normalized spacial score (nSPS) is 10.4. The van der Waals surface area contributed by atoms with Crippen LogP contribution < -0.4 is 20.2 Å². The topological polar surface area (TPSA) is 106 Å². The quantitative estimate of drug-likeness (QED) is 0.203. The largest absolute Gasteiger partial charge is 0.497 e. The second-order valence-electron chi connectivity index (χ2n) is 6.32. The van der Waals surface area contributed by atoms with E-state index in [0.29, 0.717) is 17.0 Å². The average molecular weight is 435 g/mol. The van der Waals surface area contributed by atoms with Crippen LogP contribution in [-0.4, -0.2) is 31.1 Å². The van der Waals surface area contributed by atoms with Crippen molar-refractivity contribution in [2.24, 2.45) is 5.10 Å². The molecule has 0 aliphatic heterocycles. The maximum Gasteiger partial charge on any atom is 0.346 e. The van der Waals surface area contributed by atoms with E-state index in [1.165, 1.54) is 49.7 Å². The Morgan fingerprint density at radius 2 is 1.66 bits per heavy atom. The zero-order valence-electron chi connectivity index (χ0n) is 16.9. The first-order chi connectivity index (χ1) is 15.5. The summed E-state index contributed by atoms with van der Waals surface area (Å²) in [5.74, 6) is -2.61. The van der Waals surface area contributed by atoms with Gasteiger partial charge in [-0.25, -0.2) is 14.6 Å². The highest BCUT2D eigenvalue weighted by molar-refractivity contribution is 6.39. The van der Waals surface area contributed by atoms with Crippen LogP contribution in [0.1, 0.15) is 15.9 Å². The van der Waals surface area contributed by atoms with Crippen molar-refractivity contribution in [3.05, 3.63) is 89.7 Å². The summed E-state index contributed by atoms with van der Waals surface area (Å²) in [6.45, 7) is 0. The zero-order valence-corrected chi connectivity index (χ0v) is 16.9. The lowest BCUT2D eigenvalue weighted by molar-refractivity contribution is -0.136. The van der Waals surface area contributed by atoms with Crippen LogP contribution in [0.3, 0.4) is 0 Å². The SMILES string of the molecule is COc1cccc(NC(=O)C(=O)N/N=C/c2ccc(OC(=O)c3ccccc3F)cc2)c1. The van der Waals surface area contributed by atoms with Gasteiger partial charge in [0.05, 0.1) is 18.9 Å². The van der Waals surface area contributed by atoms with E-state index in [2.05, 4.69) is 15.8 Å². The van der Waals surface area contributed by atoms with Gasteiger partial charge in [0.25, 0.3) is 0 Å². The summed E-state index contributed by atoms with van der Waals surface area (Å²) in [4.78, 5) is 35.8. The molecule has 8 nitrogen and oxygen atoms in total.